The predicted molar refractivity (Wildman–Crippen MR) is 418 cm³/mol. The summed E-state index contributed by atoms with van der Waals surface area (Å²) in [6.07, 6.45) is 17.4. The third-order valence-electron chi connectivity index (χ3n) is 20.4. The summed E-state index contributed by atoms with van der Waals surface area (Å²) >= 11 is 19.5. The summed E-state index contributed by atoms with van der Waals surface area (Å²) in [5.41, 5.74) is -2.00. The molecule has 0 spiro atoms. The van der Waals surface area contributed by atoms with E-state index in [-0.39, 0.29) is 120 Å². The van der Waals surface area contributed by atoms with Crippen LogP contribution in [-0.4, -0.2) is 171 Å². The Bertz CT molecular complexity index is 5150. The second-order valence-electron chi connectivity index (χ2n) is 27.8. The van der Waals surface area contributed by atoms with Crippen LogP contribution in [-0.2, 0) is 17.6 Å². The summed E-state index contributed by atoms with van der Waals surface area (Å²) in [5, 5.41) is 31.9. The van der Waals surface area contributed by atoms with Gasteiger partial charge in [0.15, 0.2) is 17.5 Å². The number of fused-ring (bicyclic) bond motifs is 3. The van der Waals surface area contributed by atoms with Crippen LogP contribution < -0.4 is 28.9 Å². The number of carbonyl (C=O) groups is 1. The van der Waals surface area contributed by atoms with Crippen molar-refractivity contribution in [2.45, 2.75) is 123 Å². The standard InChI is InChI=1S/C28H32ClF2N5O3.C27H26ClF2N5O2.C26H24ClF2N5O2/c1-2-22(38)35-11-13-36(14-12-35)27-18-17-19(29)23(24-20(30)7-6-8-21(24)37)25(31)26(18)32-28(33-27)39-16-15-34-9-4-3-5-10-34;1-15-6-3-7-16(2)35(15)26-17-14-18(28)22(23-19(29)8-4-9-20(23)36)24(30)25(17)33-27(34-26)37-13-10-21-31-11-5-12-32-21;1-15-6-2-3-12-34(15)25-16-14-17(27)21(22-18(28)7-4-8-19(22)35)23(29)24(16)32-26(33-25)36-13-9-20-30-10-5-11-31-20/h6-8,17,37H,2-5,9-16H2,1H3;4-5,8-9,11-12,14-16,36H,3,6-7,10,13H2,1-2H3;4-5,7-8,10-11,14-15,35H,2-3,6,9,12-13H2,1H3/t;15-,16+;15-/m..0/s1. The monoisotopic (exact) mass is 1600 g/mol. The molecule has 6 aromatic carbocycles. The quantitative estimate of drug-likeness (QED) is 0.0636. The molecule has 5 aromatic heterocycles. The highest BCUT2D eigenvalue weighted by molar-refractivity contribution is 6.35. The Morgan fingerprint density at radius 1 is 0.455 bits per heavy atom. The number of hydrogen-bond acceptors (Lipinski definition) is 21. The molecule has 0 unspecified atom stereocenters. The molecule has 31 heteroatoms. The lowest BCUT2D eigenvalue weighted by molar-refractivity contribution is -0.131. The first-order valence-corrected chi connectivity index (χ1v) is 38.5. The lowest BCUT2D eigenvalue weighted by Crippen LogP contribution is -2.49. The first-order valence-electron chi connectivity index (χ1n) is 37.4. The number of piperazine rings is 1. The minimum Gasteiger partial charge on any atom is -0.507 e. The molecule has 4 aliphatic heterocycles. The average molecular weight is 1600 g/mol. The van der Waals surface area contributed by atoms with E-state index in [4.69, 9.17) is 49.0 Å². The molecule has 11 aromatic rings. The van der Waals surface area contributed by atoms with Gasteiger partial charge in [-0.2, -0.15) is 29.9 Å². The van der Waals surface area contributed by atoms with E-state index in [0.29, 0.717) is 104 Å². The van der Waals surface area contributed by atoms with Gasteiger partial charge in [0.05, 0.1) is 45.0 Å². The number of piperidine rings is 3. The maximum absolute atomic E-state index is 16.1. The Hall–Kier alpha value is -10.4. The van der Waals surface area contributed by atoms with Crippen molar-refractivity contribution >= 4 is 90.9 Å². The highest BCUT2D eigenvalue weighted by atomic mass is 35.5. The molecule has 0 radical (unpaired) electrons. The van der Waals surface area contributed by atoms with Crippen LogP contribution >= 0.6 is 34.8 Å². The van der Waals surface area contributed by atoms with E-state index in [1.165, 1.54) is 61.0 Å². The summed E-state index contributed by atoms with van der Waals surface area (Å²) < 4.78 is 110. The molecule has 4 aliphatic rings. The van der Waals surface area contributed by atoms with Gasteiger partial charge in [0.25, 0.3) is 0 Å². The third-order valence-corrected chi connectivity index (χ3v) is 21.3. The van der Waals surface area contributed by atoms with Gasteiger partial charge in [-0.3, -0.25) is 9.69 Å². The number of amides is 1. The SMILES string of the molecule is CCC(=O)N1CCN(c2nc(OCCN3CCCCC3)nc3c(F)c(-c4c(O)cccc4F)c(Cl)cc23)CC1.C[C@@H]1CCC[C@H](C)N1c1nc(OCCc2ncccn2)nc2c(F)c(-c3c(O)cccc3F)c(Cl)cc12.C[C@H]1CCCCN1c1nc(OCCc2ncccn2)nc2c(F)c(-c3c(O)cccc3F)c(Cl)cc12. The van der Waals surface area contributed by atoms with Crippen molar-refractivity contribution in [3.8, 4) is 68.7 Å². The molecule has 4 saturated heterocycles. The number of ether oxygens (including phenoxy) is 3. The van der Waals surface area contributed by atoms with E-state index in [0.717, 1.165) is 89.2 Å². The van der Waals surface area contributed by atoms with Gasteiger partial charge in [-0.1, -0.05) is 66.3 Å². The van der Waals surface area contributed by atoms with Crippen LogP contribution in [0.5, 0.6) is 35.3 Å². The Labute approximate surface area is 657 Å². The molecule has 15 rings (SSSR count). The van der Waals surface area contributed by atoms with Crippen LogP contribution in [0.15, 0.2) is 110 Å². The summed E-state index contributed by atoms with van der Waals surface area (Å²) in [4.78, 5) is 66.2. The number of rotatable bonds is 19. The lowest BCUT2D eigenvalue weighted by Gasteiger charge is -2.40. The van der Waals surface area contributed by atoms with Gasteiger partial charge in [-0.15, -0.1) is 0 Å². The number of likely N-dealkylation sites (tertiary alicyclic amines) is 1. The highest BCUT2D eigenvalue weighted by Gasteiger charge is 2.34. The summed E-state index contributed by atoms with van der Waals surface area (Å²) in [6.45, 7) is 14.2. The number of carbonyl (C=O) groups excluding carboxylic acids is 1. The number of phenolic OH excluding ortho intramolecular Hbond substituents is 3. The number of anilines is 3. The molecule has 586 valence electrons. The molecule has 0 aliphatic carbocycles. The molecule has 3 N–H and O–H groups in total. The summed E-state index contributed by atoms with van der Waals surface area (Å²) in [7, 11) is 0. The molecule has 112 heavy (non-hydrogen) atoms. The number of aromatic hydroxyl groups is 3. The zero-order valence-corrected chi connectivity index (χ0v) is 64.2. The van der Waals surface area contributed by atoms with Gasteiger partial charge in [0, 0.05) is 134 Å². The smallest absolute Gasteiger partial charge is 0.319 e. The third kappa shape index (κ3) is 17.6. The molecular formula is C81H82Cl3F6N15O7. The lowest BCUT2D eigenvalue weighted by atomic mass is 9.96. The molecule has 4 fully saturated rings. The molecule has 22 nitrogen and oxygen atoms in total. The van der Waals surface area contributed by atoms with Crippen LogP contribution in [0.1, 0.15) is 104 Å². The Kier molecular flexibility index (Phi) is 25.6. The minimum absolute atomic E-state index is 0.00602. The van der Waals surface area contributed by atoms with Crippen molar-refractivity contribution in [1.29, 1.82) is 0 Å². The molecule has 3 atom stereocenters. The largest absolute Gasteiger partial charge is 0.507 e. The first-order chi connectivity index (χ1) is 54.1. The van der Waals surface area contributed by atoms with Crippen molar-refractivity contribution in [2.24, 2.45) is 0 Å². The van der Waals surface area contributed by atoms with Gasteiger partial charge in [-0.05, 0) is 152 Å². The van der Waals surface area contributed by atoms with E-state index >= 15 is 13.2 Å². The summed E-state index contributed by atoms with van der Waals surface area (Å²) in [5.74, 6) is -3.57. The normalized spacial score (nSPS) is 16.8. The molecule has 9 heterocycles. The maximum atomic E-state index is 16.1. The number of benzene rings is 6. The fourth-order valence-corrected chi connectivity index (χ4v) is 15.6. The maximum Gasteiger partial charge on any atom is 0.319 e. The first kappa shape index (κ1) is 79.7. The van der Waals surface area contributed by atoms with Crippen LogP contribution in [0.2, 0.25) is 15.1 Å². The minimum atomic E-state index is -0.873. The average Bonchev–Trinajstić information content (AvgIpc) is 0.752. The van der Waals surface area contributed by atoms with E-state index in [1.807, 2.05) is 11.8 Å². The summed E-state index contributed by atoms with van der Waals surface area (Å²) in [6, 6.07) is 19.7. The Morgan fingerprint density at radius 2 is 0.857 bits per heavy atom. The van der Waals surface area contributed by atoms with Gasteiger partial charge < -0.3 is 49.1 Å². The molecular weight excluding hydrogens is 1520 g/mol. The molecule has 1 amide bonds. The second kappa shape index (κ2) is 35.9. The second-order valence-corrected chi connectivity index (χ2v) is 29.0. The van der Waals surface area contributed by atoms with Gasteiger partial charge in [-0.25, -0.2) is 46.3 Å². The number of halogens is 9. The van der Waals surface area contributed by atoms with Gasteiger partial charge in [0.1, 0.15) is 87.0 Å². The van der Waals surface area contributed by atoms with Crippen molar-refractivity contribution in [1.82, 2.24) is 59.6 Å². The van der Waals surface area contributed by atoms with Crippen molar-refractivity contribution in [3.05, 3.63) is 171 Å². The van der Waals surface area contributed by atoms with E-state index in [1.54, 1.807) is 41.8 Å². The zero-order chi connectivity index (χ0) is 78.9. The Morgan fingerprint density at radius 3 is 1.29 bits per heavy atom. The molecule has 0 bridgehead atoms. The van der Waals surface area contributed by atoms with Crippen molar-refractivity contribution in [3.63, 3.8) is 0 Å². The zero-order valence-electron chi connectivity index (χ0n) is 62.0. The van der Waals surface area contributed by atoms with Gasteiger partial charge >= 0.3 is 18.0 Å². The highest BCUT2D eigenvalue weighted by Crippen LogP contribution is 2.48. The number of nitrogens with zero attached hydrogens (tertiary/aromatic N) is 15. The van der Waals surface area contributed by atoms with Crippen molar-refractivity contribution in [2.75, 3.05) is 86.9 Å². The fraction of sp³-hybridized carbons (Fsp3) is 0.370. The van der Waals surface area contributed by atoms with E-state index < -0.39 is 52.2 Å². The van der Waals surface area contributed by atoms with Gasteiger partial charge in [0.2, 0.25) is 5.91 Å². The van der Waals surface area contributed by atoms with Crippen molar-refractivity contribution < 1.29 is 60.7 Å². The van der Waals surface area contributed by atoms with Crippen LogP contribution in [0, 0.1) is 34.9 Å². The number of hydrogen-bond donors (Lipinski definition) is 3. The van der Waals surface area contributed by atoms with Crippen LogP contribution in [0.4, 0.5) is 43.8 Å². The number of aromatic nitrogens is 10. The number of phenols is 3. The van der Waals surface area contributed by atoms with Crippen LogP contribution in [0.25, 0.3) is 66.1 Å². The van der Waals surface area contributed by atoms with E-state index in [2.05, 4.69) is 85.3 Å². The molecule has 0 saturated carbocycles. The fourth-order valence-electron chi connectivity index (χ4n) is 14.8. The predicted octanol–water partition coefficient (Wildman–Crippen LogP) is 16.7. The Balaban J connectivity index is 0.000000147. The van der Waals surface area contributed by atoms with Crippen LogP contribution in [0.3, 0.4) is 0 Å². The van der Waals surface area contributed by atoms with E-state index in [9.17, 15) is 33.3 Å². The topological polar surface area (TPSA) is 251 Å².